The zero-order chi connectivity index (χ0) is 16.6. The summed E-state index contributed by atoms with van der Waals surface area (Å²) in [6.07, 6.45) is -11.0. The van der Waals surface area contributed by atoms with Gasteiger partial charge in [-0.2, -0.15) is 13.2 Å². The molecule has 1 heterocycles. The molecular weight excluding hydrogens is 375 g/mol. The maximum absolute atomic E-state index is 12.8. The summed E-state index contributed by atoms with van der Waals surface area (Å²) in [5.41, 5.74) is -2.85. The molecule has 0 aliphatic carbocycles. The van der Waals surface area contributed by atoms with Crippen LogP contribution in [0.3, 0.4) is 0 Å². The van der Waals surface area contributed by atoms with Crippen molar-refractivity contribution >= 4 is 31.3 Å². The molecule has 1 aromatic heterocycles. The fourth-order valence-corrected chi connectivity index (χ4v) is 2.42. The summed E-state index contributed by atoms with van der Waals surface area (Å²) in [7, 11) is -0.320. The SMILES string of the molecule is O=S(=O)(Cl)c1nc(CCl)cc(OC(F)(F)F)c1C(F)(F)F. The molecule has 0 radical (unpaired) electrons. The number of nitrogens with zero attached hydrogens (tertiary/aromatic N) is 1. The number of hydrogen-bond donors (Lipinski definition) is 0. The van der Waals surface area contributed by atoms with Crippen LogP contribution in [0.2, 0.25) is 0 Å². The number of hydrogen-bond acceptors (Lipinski definition) is 4. The predicted octanol–water partition coefficient (Wildman–Crippen LogP) is 3.67. The first kappa shape index (κ1) is 18.1. The van der Waals surface area contributed by atoms with Crippen LogP contribution in [0, 0.1) is 0 Å². The molecule has 0 unspecified atom stereocenters. The van der Waals surface area contributed by atoms with Crippen molar-refractivity contribution in [1.82, 2.24) is 4.98 Å². The molecule has 0 amide bonds. The second kappa shape index (κ2) is 5.69. The fraction of sp³-hybridized carbons (Fsp3) is 0.375. The Bertz CT molecular complexity index is 643. The first-order chi connectivity index (χ1) is 9.25. The van der Waals surface area contributed by atoms with Gasteiger partial charge in [0.15, 0.2) is 5.03 Å². The minimum Gasteiger partial charge on any atom is -0.405 e. The monoisotopic (exact) mass is 377 g/mol. The summed E-state index contributed by atoms with van der Waals surface area (Å²) in [6.45, 7) is 0. The average molecular weight is 378 g/mol. The van der Waals surface area contributed by atoms with Crippen LogP contribution in [-0.2, 0) is 21.1 Å². The molecule has 0 fully saturated rings. The number of halogens is 8. The van der Waals surface area contributed by atoms with Crippen LogP contribution in [0.5, 0.6) is 5.75 Å². The molecule has 0 aromatic carbocycles. The van der Waals surface area contributed by atoms with Gasteiger partial charge in [0.1, 0.15) is 11.3 Å². The van der Waals surface area contributed by atoms with Crippen LogP contribution in [0.4, 0.5) is 26.3 Å². The third-order valence-corrected chi connectivity index (χ3v) is 3.35. The molecule has 0 spiro atoms. The van der Waals surface area contributed by atoms with E-state index in [1.54, 1.807) is 0 Å². The topological polar surface area (TPSA) is 56.3 Å². The molecule has 1 aromatic rings. The lowest BCUT2D eigenvalue weighted by molar-refractivity contribution is -0.276. The van der Waals surface area contributed by atoms with Crippen molar-refractivity contribution in [3.05, 3.63) is 17.3 Å². The van der Waals surface area contributed by atoms with Crippen molar-refractivity contribution < 1.29 is 39.5 Å². The van der Waals surface area contributed by atoms with Gasteiger partial charge in [-0.25, -0.2) is 13.4 Å². The average Bonchev–Trinajstić information content (AvgIpc) is 2.22. The van der Waals surface area contributed by atoms with Crippen LogP contribution >= 0.6 is 22.3 Å². The fourth-order valence-electron chi connectivity index (χ4n) is 1.26. The van der Waals surface area contributed by atoms with Crippen LogP contribution < -0.4 is 4.74 Å². The zero-order valence-electron chi connectivity index (χ0n) is 9.39. The maximum atomic E-state index is 12.8. The van der Waals surface area contributed by atoms with E-state index in [-0.39, 0.29) is 6.07 Å². The summed E-state index contributed by atoms with van der Waals surface area (Å²) in [4.78, 5) is 3.00. The van der Waals surface area contributed by atoms with Gasteiger partial charge in [0.2, 0.25) is 0 Å². The number of aromatic nitrogens is 1. The summed E-state index contributed by atoms with van der Waals surface area (Å²) >= 11 is 5.24. The van der Waals surface area contributed by atoms with Crippen LogP contribution in [0.25, 0.3) is 0 Å². The smallest absolute Gasteiger partial charge is 0.405 e. The Morgan fingerprint density at radius 2 is 1.71 bits per heavy atom. The van der Waals surface area contributed by atoms with Crippen LogP contribution in [-0.4, -0.2) is 19.8 Å². The lowest BCUT2D eigenvalue weighted by atomic mass is 10.2. The minimum absolute atomic E-state index is 0.231. The molecule has 0 saturated heterocycles. The van der Waals surface area contributed by atoms with E-state index in [4.69, 9.17) is 22.3 Å². The Morgan fingerprint density at radius 3 is 2.05 bits per heavy atom. The van der Waals surface area contributed by atoms with Crippen molar-refractivity contribution in [2.75, 3.05) is 0 Å². The number of ether oxygens (including phenoxy) is 1. The van der Waals surface area contributed by atoms with Crippen molar-refractivity contribution in [2.24, 2.45) is 0 Å². The third kappa shape index (κ3) is 4.78. The summed E-state index contributed by atoms with van der Waals surface area (Å²) in [5.74, 6) is -2.47. The van der Waals surface area contributed by atoms with Crippen LogP contribution in [0.1, 0.15) is 11.3 Å². The van der Waals surface area contributed by atoms with E-state index in [1.165, 1.54) is 0 Å². The van der Waals surface area contributed by atoms with E-state index in [0.29, 0.717) is 0 Å². The Balaban J connectivity index is 3.76. The lowest BCUT2D eigenvalue weighted by Crippen LogP contribution is -2.22. The molecule has 0 aliphatic heterocycles. The second-order valence-electron chi connectivity index (χ2n) is 3.41. The van der Waals surface area contributed by atoms with E-state index in [1.807, 2.05) is 0 Å². The highest BCUT2D eigenvalue weighted by Gasteiger charge is 2.45. The first-order valence-corrected chi connectivity index (χ1v) is 7.47. The maximum Gasteiger partial charge on any atom is 0.573 e. The van der Waals surface area contributed by atoms with Crippen molar-refractivity contribution in [1.29, 1.82) is 0 Å². The third-order valence-electron chi connectivity index (χ3n) is 1.88. The van der Waals surface area contributed by atoms with Crippen molar-refractivity contribution in [2.45, 2.75) is 23.4 Å². The van der Waals surface area contributed by atoms with E-state index in [0.717, 1.165) is 0 Å². The van der Waals surface area contributed by atoms with Gasteiger partial charge in [0, 0.05) is 16.7 Å². The van der Waals surface area contributed by atoms with Gasteiger partial charge in [0.05, 0.1) is 11.6 Å². The molecule has 0 N–H and O–H groups in total. The van der Waals surface area contributed by atoms with Gasteiger partial charge in [-0.05, 0) is 0 Å². The Morgan fingerprint density at radius 1 is 1.19 bits per heavy atom. The molecular formula is C8H3Cl2F6NO3S. The van der Waals surface area contributed by atoms with Gasteiger partial charge in [-0.1, -0.05) is 0 Å². The van der Waals surface area contributed by atoms with Gasteiger partial charge >= 0.3 is 12.5 Å². The Kier molecular flexibility index (Phi) is 4.91. The van der Waals surface area contributed by atoms with E-state index >= 15 is 0 Å². The van der Waals surface area contributed by atoms with E-state index in [2.05, 4.69) is 9.72 Å². The number of pyridine rings is 1. The largest absolute Gasteiger partial charge is 0.573 e. The quantitative estimate of drug-likeness (QED) is 0.458. The van der Waals surface area contributed by atoms with Crippen molar-refractivity contribution in [3.8, 4) is 5.75 Å². The van der Waals surface area contributed by atoms with Gasteiger partial charge in [0.25, 0.3) is 9.05 Å². The van der Waals surface area contributed by atoms with Gasteiger partial charge in [-0.3, -0.25) is 0 Å². The normalized spacial score (nSPS) is 13.3. The Hall–Kier alpha value is -0.940. The second-order valence-corrected chi connectivity index (χ2v) is 6.16. The molecule has 0 atom stereocenters. The summed E-state index contributed by atoms with van der Waals surface area (Å²) < 4.78 is 100. The molecule has 21 heavy (non-hydrogen) atoms. The number of alkyl halides is 7. The van der Waals surface area contributed by atoms with Crippen molar-refractivity contribution in [3.63, 3.8) is 0 Å². The lowest BCUT2D eigenvalue weighted by Gasteiger charge is -2.17. The molecule has 0 bridgehead atoms. The molecule has 4 nitrogen and oxygen atoms in total. The molecule has 13 heteroatoms. The van der Waals surface area contributed by atoms with E-state index in [9.17, 15) is 34.8 Å². The molecule has 0 aliphatic rings. The predicted molar refractivity (Wildman–Crippen MR) is 58.5 cm³/mol. The van der Waals surface area contributed by atoms with E-state index < -0.39 is 49.5 Å². The zero-order valence-corrected chi connectivity index (χ0v) is 11.7. The van der Waals surface area contributed by atoms with Crippen LogP contribution in [0.15, 0.2) is 11.1 Å². The number of rotatable bonds is 3. The molecule has 120 valence electrons. The highest BCUT2D eigenvalue weighted by atomic mass is 35.7. The van der Waals surface area contributed by atoms with Gasteiger partial charge < -0.3 is 4.74 Å². The summed E-state index contributed by atoms with van der Waals surface area (Å²) in [6, 6.07) is 0.231. The summed E-state index contributed by atoms with van der Waals surface area (Å²) in [5, 5.41) is -1.81. The highest BCUT2D eigenvalue weighted by Crippen LogP contribution is 2.42. The minimum atomic E-state index is -5.50. The molecule has 0 saturated carbocycles. The van der Waals surface area contributed by atoms with Gasteiger partial charge in [-0.15, -0.1) is 24.8 Å². The standard InChI is InChI=1S/C8H3Cl2F6NO3S/c9-2-3-1-4(20-8(14,15)16)5(7(11,12)13)6(17-3)21(10,18)19/h1H,2H2. The Labute approximate surface area is 123 Å². The first-order valence-electron chi connectivity index (χ1n) is 4.63. The molecule has 1 rings (SSSR count). The highest BCUT2D eigenvalue weighted by molar-refractivity contribution is 8.13.